The van der Waals surface area contributed by atoms with Crippen LogP contribution >= 0.6 is 23.2 Å². The minimum atomic E-state index is -3.96. The molecule has 0 heterocycles. The number of nitriles is 1. The van der Waals surface area contributed by atoms with E-state index in [2.05, 4.69) is 4.72 Å². The van der Waals surface area contributed by atoms with E-state index in [0.29, 0.717) is 5.56 Å². The van der Waals surface area contributed by atoms with E-state index in [1.54, 1.807) is 30.3 Å². The van der Waals surface area contributed by atoms with Crippen molar-refractivity contribution in [2.24, 2.45) is 0 Å². The third kappa shape index (κ3) is 3.74. The maximum Gasteiger partial charge on any atom is 0.243 e. The molecule has 0 aromatic heterocycles. The number of nitrogens with zero attached hydrogens (tertiary/aromatic N) is 1. The van der Waals surface area contributed by atoms with Crippen LogP contribution < -0.4 is 4.72 Å². The molecule has 4 nitrogen and oxygen atoms in total. The topological polar surface area (TPSA) is 70.0 Å². The average molecular weight is 341 g/mol. The lowest BCUT2D eigenvalue weighted by Crippen LogP contribution is -2.28. The van der Waals surface area contributed by atoms with Crippen LogP contribution in [-0.2, 0) is 10.0 Å². The van der Waals surface area contributed by atoms with Crippen LogP contribution in [0.4, 0.5) is 0 Å². The highest BCUT2D eigenvalue weighted by Crippen LogP contribution is 2.26. The van der Waals surface area contributed by atoms with Gasteiger partial charge in [-0.25, -0.2) is 8.42 Å². The molecule has 108 valence electrons. The van der Waals surface area contributed by atoms with Crippen LogP contribution in [0.1, 0.15) is 11.6 Å². The maximum atomic E-state index is 12.3. The van der Waals surface area contributed by atoms with Crippen molar-refractivity contribution in [3.63, 3.8) is 0 Å². The van der Waals surface area contributed by atoms with Gasteiger partial charge in [-0.2, -0.15) is 9.98 Å². The van der Waals surface area contributed by atoms with E-state index in [1.165, 1.54) is 18.2 Å². The highest BCUT2D eigenvalue weighted by Gasteiger charge is 2.23. The Morgan fingerprint density at radius 2 is 1.76 bits per heavy atom. The van der Waals surface area contributed by atoms with E-state index < -0.39 is 16.1 Å². The summed E-state index contributed by atoms with van der Waals surface area (Å²) in [5.41, 5.74) is 0.543. The van der Waals surface area contributed by atoms with E-state index in [4.69, 9.17) is 23.2 Å². The van der Waals surface area contributed by atoms with Crippen LogP contribution in [-0.4, -0.2) is 8.42 Å². The minimum Gasteiger partial charge on any atom is -0.207 e. The summed E-state index contributed by atoms with van der Waals surface area (Å²) in [5.74, 6) is 0. The molecule has 7 heteroatoms. The van der Waals surface area contributed by atoms with Gasteiger partial charge in [-0.15, -0.1) is 0 Å². The molecule has 1 N–H and O–H groups in total. The average Bonchev–Trinajstić information content (AvgIpc) is 2.48. The Bertz CT molecular complexity index is 786. The molecule has 0 bridgehead atoms. The zero-order chi connectivity index (χ0) is 15.5. The molecule has 1 unspecified atom stereocenters. The maximum absolute atomic E-state index is 12.3. The summed E-state index contributed by atoms with van der Waals surface area (Å²) >= 11 is 11.7. The summed E-state index contributed by atoms with van der Waals surface area (Å²) in [6, 6.07) is 13.6. The highest BCUT2D eigenvalue weighted by molar-refractivity contribution is 7.89. The van der Waals surface area contributed by atoms with Crippen LogP contribution in [0, 0.1) is 11.3 Å². The molecule has 0 aliphatic heterocycles. The van der Waals surface area contributed by atoms with Gasteiger partial charge in [0.15, 0.2) is 0 Å². The lowest BCUT2D eigenvalue weighted by molar-refractivity contribution is 0.575. The van der Waals surface area contributed by atoms with E-state index in [0.717, 1.165) is 0 Å². The van der Waals surface area contributed by atoms with Crippen molar-refractivity contribution >= 4 is 33.2 Å². The van der Waals surface area contributed by atoms with Gasteiger partial charge < -0.3 is 0 Å². The fraction of sp³-hybridized carbons (Fsp3) is 0.0714. The van der Waals surface area contributed by atoms with Crippen molar-refractivity contribution in [1.29, 1.82) is 5.26 Å². The Morgan fingerprint density at radius 1 is 1.10 bits per heavy atom. The third-order valence-electron chi connectivity index (χ3n) is 2.72. The zero-order valence-corrected chi connectivity index (χ0v) is 13.0. The van der Waals surface area contributed by atoms with E-state index in [-0.39, 0.29) is 14.9 Å². The van der Waals surface area contributed by atoms with Gasteiger partial charge in [-0.3, -0.25) is 0 Å². The molecule has 0 saturated carbocycles. The molecule has 0 radical (unpaired) electrons. The van der Waals surface area contributed by atoms with Gasteiger partial charge in [0.1, 0.15) is 10.9 Å². The van der Waals surface area contributed by atoms with Gasteiger partial charge in [0.25, 0.3) is 0 Å². The second-order valence-corrected chi connectivity index (χ2v) is 6.69. The van der Waals surface area contributed by atoms with Gasteiger partial charge in [0.2, 0.25) is 10.0 Å². The lowest BCUT2D eigenvalue weighted by Gasteiger charge is -2.13. The number of hydrogen-bond acceptors (Lipinski definition) is 3. The molecule has 0 fully saturated rings. The van der Waals surface area contributed by atoms with Gasteiger partial charge in [0, 0.05) is 5.02 Å². The lowest BCUT2D eigenvalue weighted by atomic mass is 10.1. The van der Waals surface area contributed by atoms with Crippen molar-refractivity contribution in [1.82, 2.24) is 4.72 Å². The molecule has 2 rings (SSSR count). The minimum absolute atomic E-state index is 0.0386. The second-order valence-electron chi connectivity index (χ2n) is 4.17. The summed E-state index contributed by atoms with van der Waals surface area (Å²) in [5, 5.41) is 9.46. The molecule has 0 saturated heterocycles. The molecule has 2 aromatic carbocycles. The summed E-state index contributed by atoms with van der Waals surface area (Å²) in [7, 11) is -3.96. The molecule has 2 aromatic rings. The Labute approximate surface area is 133 Å². The first-order chi connectivity index (χ1) is 9.94. The number of benzene rings is 2. The molecule has 0 aliphatic rings. The number of rotatable bonds is 4. The van der Waals surface area contributed by atoms with Crippen LogP contribution in [0.15, 0.2) is 53.4 Å². The number of nitrogens with one attached hydrogen (secondary N) is 1. The van der Waals surface area contributed by atoms with Crippen LogP contribution in [0.25, 0.3) is 0 Å². The first kappa shape index (κ1) is 15.8. The predicted octanol–water partition coefficient (Wildman–Crippen LogP) is 3.54. The molecule has 0 amide bonds. The molecular formula is C14H10Cl2N2O2S. The molecule has 0 spiro atoms. The SMILES string of the molecule is N#CC(NS(=O)(=O)c1cc(Cl)ccc1Cl)c1ccccc1. The van der Waals surface area contributed by atoms with Crippen molar-refractivity contribution in [3.8, 4) is 6.07 Å². The highest BCUT2D eigenvalue weighted by atomic mass is 35.5. The third-order valence-corrected chi connectivity index (χ3v) is 4.86. The summed E-state index contributed by atoms with van der Waals surface area (Å²) in [4.78, 5) is -0.159. The summed E-state index contributed by atoms with van der Waals surface area (Å²) < 4.78 is 27.0. The van der Waals surface area contributed by atoms with E-state index >= 15 is 0 Å². The quantitative estimate of drug-likeness (QED) is 0.925. The first-order valence-electron chi connectivity index (χ1n) is 5.86. The Kier molecular flexibility index (Phi) is 4.86. The van der Waals surface area contributed by atoms with Gasteiger partial charge in [-0.1, -0.05) is 53.5 Å². The largest absolute Gasteiger partial charge is 0.243 e. The van der Waals surface area contributed by atoms with Gasteiger partial charge >= 0.3 is 0 Å². The van der Waals surface area contributed by atoms with Crippen molar-refractivity contribution < 1.29 is 8.42 Å². The van der Waals surface area contributed by atoms with Crippen LogP contribution in [0.2, 0.25) is 10.0 Å². The van der Waals surface area contributed by atoms with E-state index in [9.17, 15) is 13.7 Å². The fourth-order valence-corrected chi connectivity index (χ4v) is 3.61. The van der Waals surface area contributed by atoms with Crippen molar-refractivity contribution in [2.75, 3.05) is 0 Å². The number of halogens is 2. The molecular weight excluding hydrogens is 331 g/mol. The molecule has 21 heavy (non-hydrogen) atoms. The zero-order valence-electron chi connectivity index (χ0n) is 10.6. The van der Waals surface area contributed by atoms with Gasteiger partial charge in [0.05, 0.1) is 11.1 Å². The second kappa shape index (κ2) is 6.46. The Balaban J connectivity index is 2.37. The first-order valence-corrected chi connectivity index (χ1v) is 8.10. The number of sulfonamides is 1. The number of hydrogen-bond donors (Lipinski definition) is 1. The normalized spacial score (nSPS) is 12.6. The van der Waals surface area contributed by atoms with Crippen LogP contribution in [0.5, 0.6) is 0 Å². The predicted molar refractivity (Wildman–Crippen MR) is 81.6 cm³/mol. The standard InChI is InChI=1S/C14H10Cl2N2O2S/c15-11-6-7-12(16)14(8-11)21(19,20)18-13(9-17)10-4-2-1-3-5-10/h1-8,13,18H. The van der Waals surface area contributed by atoms with Crippen molar-refractivity contribution in [3.05, 3.63) is 64.1 Å². The smallest absolute Gasteiger partial charge is 0.207 e. The molecule has 0 aliphatic carbocycles. The van der Waals surface area contributed by atoms with Crippen LogP contribution in [0.3, 0.4) is 0 Å². The summed E-state index contributed by atoms with van der Waals surface area (Å²) in [6.45, 7) is 0. The Morgan fingerprint density at radius 3 is 2.38 bits per heavy atom. The summed E-state index contributed by atoms with van der Waals surface area (Å²) in [6.07, 6.45) is 0. The van der Waals surface area contributed by atoms with Gasteiger partial charge in [-0.05, 0) is 23.8 Å². The molecule has 1 atom stereocenters. The van der Waals surface area contributed by atoms with E-state index in [1.807, 2.05) is 6.07 Å². The Hall–Kier alpha value is -1.58. The van der Waals surface area contributed by atoms with Crippen molar-refractivity contribution in [2.45, 2.75) is 10.9 Å². The monoisotopic (exact) mass is 340 g/mol. The fourth-order valence-electron chi connectivity index (χ4n) is 1.72.